The number of hydrogen-bond acceptors (Lipinski definition) is 7. The highest BCUT2D eigenvalue weighted by Crippen LogP contribution is 2.29. The SMILES string of the molecule is CCOCCN(C[C@H](C)C(=O)OC)C(=O)[C@@H]1CCCN(S(=O)(=O)c2ccc(C)s2)C1. The molecular weight excluding hydrogens is 428 g/mol. The number of ether oxygens (including phenoxy) is 2. The second-order valence-corrected chi connectivity index (χ2v) is 10.9. The Morgan fingerprint density at radius 2 is 2.10 bits per heavy atom. The molecular formula is C20H32N2O6S2. The van der Waals surface area contributed by atoms with Gasteiger partial charge in [0.05, 0.1) is 25.6 Å². The van der Waals surface area contributed by atoms with E-state index in [4.69, 9.17) is 9.47 Å². The van der Waals surface area contributed by atoms with E-state index in [2.05, 4.69) is 0 Å². The Balaban J connectivity index is 2.12. The first-order chi connectivity index (χ1) is 14.2. The van der Waals surface area contributed by atoms with Gasteiger partial charge in [0.1, 0.15) is 4.21 Å². The van der Waals surface area contributed by atoms with Crippen LogP contribution >= 0.6 is 11.3 Å². The van der Waals surface area contributed by atoms with Crippen LogP contribution in [0.25, 0.3) is 0 Å². The van der Waals surface area contributed by atoms with E-state index < -0.39 is 21.9 Å². The van der Waals surface area contributed by atoms with E-state index >= 15 is 0 Å². The molecule has 0 unspecified atom stereocenters. The van der Waals surface area contributed by atoms with Crippen molar-refractivity contribution in [2.24, 2.45) is 11.8 Å². The largest absolute Gasteiger partial charge is 0.469 e. The molecule has 30 heavy (non-hydrogen) atoms. The van der Waals surface area contributed by atoms with Crippen LogP contribution in [0.2, 0.25) is 0 Å². The molecule has 1 aromatic rings. The van der Waals surface area contributed by atoms with E-state index in [1.165, 1.54) is 22.8 Å². The molecule has 0 bridgehead atoms. The number of esters is 1. The minimum Gasteiger partial charge on any atom is -0.469 e. The monoisotopic (exact) mass is 460 g/mol. The molecule has 0 saturated carbocycles. The smallest absolute Gasteiger partial charge is 0.310 e. The summed E-state index contributed by atoms with van der Waals surface area (Å²) in [4.78, 5) is 27.6. The molecule has 1 amide bonds. The lowest BCUT2D eigenvalue weighted by Crippen LogP contribution is -2.48. The van der Waals surface area contributed by atoms with Gasteiger partial charge >= 0.3 is 5.97 Å². The summed E-state index contributed by atoms with van der Waals surface area (Å²) in [7, 11) is -2.29. The first kappa shape index (κ1) is 24.8. The molecule has 8 nitrogen and oxygen atoms in total. The summed E-state index contributed by atoms with van der Waals surface area (Å²) < 4.78 is 37.9. The van der Waals surface area contributed by atoms with Crippen LogP contribution in [-0.4, -0.2) is 76.0 Å². The molecule has 0 radical (unpaired) electrons. The molecule has 10 heteroatoms. The Bertz CT molecular complexity index is 823. The van der Waals surface area contributed by atoms with Crippen LogP contribution in [-0.2, 0) is 29.1 Å². The van der Waals surface area contributed by atoms with E-state index in [1.54, 1.807) is 24.0 Å². The number of sulfonamides is 1. The number of piperidine rings is 1. The minimum absolute atomic E-state index is 0.146. The van der Waals surface area contributed by atoms with Crippen LogP contribution in [0.5, 0.6) is 0 Å². The predicted octanol–water partition coefficient (Wildman–Crippen LogP) is 2.13. The van der Waals surface area contributed by atoms with Gasteiger partial charge in [0, 0.05) is 37.7 Å². The fourth-order valence-corrected chi connectivity index (χ4v) is 6.48. The fraction of sp³-hybridized carbons (Fsp3) is 0.700. The third-order valence-electron chi connectivity index (χ3n) is 5.16. The van der Waals surface area contributed by atoms with Gasteiger partial charge in [-0.25, -0.2) is 8.42 Å². The molecule has 2 heterocycles. The van der Waals surface area contributed by atoms with Gasteiger partial charge < -0.3 is 14.4 Å². The summed E-state index contributed by atoms with van der Waals surface area (Å²) in [6, 6.07) is 3.40. The first-order valence-corrected chi connectivity index (χ1v) is 12.5. The number of aryl methyl sites for hydroxylation is 1. The summed E-state index contributed by atoms with van der Waals surface area (Å²) >= 11 is 1.24. The van der Waals surface area contributed by atoms with Crippen LogP contribution in [0, 0.1) is 18.8 Å². The highest BCUT2D eigenvalue weighted by Gasteiger charge is 2.36. The van der Waals surface area contributed by atoms with Crippen molar-refractivity contribution in [1.82, 2.24) is 9.21 Å². The molecule has 0 N–H and O–H groups in total. The third-order valence-corrected chi connectivity index (χ3v) is 8.50. The second-order valence-electron chi connectivity index (χ2n) is 7.47. The second kappa shape index (κ2) is 11.2. The van der Waals surface area contributed by atoms with Crippen LogP contribution in [0.3, 0.4) is 0 Å². The van der Waals surface area contributed by atoms with E-state index in [1.807, 2.05) is 13.8 Å². The number of rotatable bonds is 10. The summed E-state index contributed by atoms with van der Waals surface area (Å²) in [5, 5.41) is 0. The summed E-state index contributed by atoms with van der Waals surface area (Å²) in [5.74, 6) is -1.45. The number of carbonyl (C=O) groups is 2. The number of carbonyl (C=O) groups excluding carboxylic acids is 2. The van der Waals surface area contributed by atoms with Crippen LogP contribution in [0.1, 0.15) is 31.6 Å². The van der Waals surface area contributed by atoms with Gasteiger partial charge in [-0.2, -0.15) is 4.31 Å². The van der Waals surface area contributed by atoms with Crippen LogP contribution in [0.15, 0.2) is 16.3 Å². The summed E-state index contributed by atoms with van der Waals surface area (Å²) in [5.41, 5.74) is 0. The van der Waals surface area contributed by atoms with Gasteiger partial charge in [0.25, 0.3) is 10.0 Å². The highest BCUT2D eigenvalue weighted by molar-refractivity contribution is 7.91. The first-order valence-electron chi connectivity index (χ1n) is 10.2. The number of thiophene rings is 1. The van der Waals surface area contributed by atoms with Gasteiger partial charge in [-0.3, -0.25) is 9.59 Å². The summed E-state index contributed by atoms with van der Waals surface area (Å²) in [6.07, 6.45) is 1.23. The molecule has 1 fully saturated rings. The van der Waals surface area contributed by atoms with E-state index in [-0.39, 0.29) is 25.0 Å². The molecule has 2 atom stereocenters. The maximum atomic E-state index is 13.3. The topological polar surface area (TPSA) is 93.2 Å². The van der Waals surface area contributed by atoms with Gasteiger partial charge in [-0.15, -0.1) is 11.3 Å². The molecule has 2 rings (SSSR count). The van der Waals surface area contributed by atoms with Gasteiger partial charge in [-0.05, 0) is 38.8 Å². The lowest BCUT2D eigenvalue weighted by atomic mass is 9.97. The van der Waals surface area contributed by atoms with Crippen molar-refractivity contribution < 1.29 is 27.5 Å². The highest BCUT2D eigenvalue weighted by atomic mass is 32.2. The molecule has 170 valence electrons. The van der Waals surface area contributed by atoms with Crippen LogP contribution in [0.4, 0.5) is 0 Å². The van der Waals surface area contributed by atoms with Crippen LogP contribution < -0.4 is 0 Å². The predicted molar refractivity (Wildman–Crippen MR) is 115 cm³/mol. The van der Waals surface area contributed by atoms with Crippen molar-refractivity contribution in [3.8, 4) is 0 Å². The maximum Gasteiger partial charge on any atom is 0.310 e. The standard InChI is InChI=1S/C20H32N2O6S2/c1-5-28-12-11-21(13-15(2)20(24)27-4)19(23)17-7-6-10-22(14-17)30(25,26)18-9-8-16(3)29-18/h8-9,15,17H,5-7,10-14H2,1-4H3/t15-,17+/m0/s1. The van der Waals surface area contributed by atoms with E-state index in [0.717, 1.165) is 4.88 Å². The van der Waals surface area contributed by atoms with Crippen molar-refractivity contribution in [2.75, 3.05) is 46.5 Å². The maximum absolute atomic E-state index is 13.3. The Morgan fingerprint density at radius 1 is 1.37 bits per heavy atom. The zero-order valence-electron chi connectivity index (χ0n) is 18.1. The Labute approximate surface area is 183 Å². The molecule has 1 saturated heterocycles. The van der Waals surface area contributed by atoms with E-state index in [9.17, 15) is 18.0 Å². The summed E-state index contributed by atoms with van der Waals surface area (Å²) in [6.45, 7) is 7.46. The normalized spacial score (nSPS) is 18.7. The van der Waals surface area contributed by atoms with Gasteiger partial charge in [-0.1, -0.05) is 6.92 Å². The average molecular weight is 461 g/mol. The Morgan fingerprint density at radius 3 is 2.70 bits per heavy atom. The van der Waals surface area contributed by atoms with Gasteiger partial charge in [0.15, 0.2) is 0 Å². The van der Waals surface area contributed by atoms with Crippen molar-refractivity contribution in [2.45, 2.75) is 37.8 Å². The zero-order chi connectivity index (χ0) is 22.3. The Kier molecular flexibility index (Phi) is 9.27. The van der Waals surface area contributed by atoms with Crippen molar-refractivity contribution >= 4 is 33.2 Å². The minimum atomic E-state index is -3.61. The lowest BCUT2D eigenvalue weighted by Gasteiger charge is -2.34. The molecule has 1 aliphatic rings. The number of methoxy groups -OCH3 is 1. The fourth-order valence-electron chi connectivity index (χ4n) is 3.52. The molecule has 0 aliphatic carbocycles. The molecule has 1 aromatic heterocycles. The lowest BCUT2D eigenvalue weighted by molar-refractivity contribution is -0.147. The number of nitrogens with zero attached hydrogens (tertiary/aromatic N) is 2. The van der Waals surface area contributed by atoms with E-state index in [0.29, 0.717) is 43.4 Å². The molecule has 1 aliphatic heterocycles. The zero-order valence-corrected chi connectivity index (χ0v) is 19.8. The molecule has 0 spiro atoms. The molecule has 0 aromatic carbocycles. The third kappa shape index (κ3) is 6.26. The average Bonchev–Trinajstić information content (AvgIpc) is 3.19. The Hall–Kier alpha value is -1.49. The number of amides is 1. The van der Waals surface area contributed by atoms with Gasteiger partial charge in [0.2, 0.25) is 5.91 Å². The van der Waals surface area contributed by atoms with Crippen molar-refractivity contribution in [3.05, 3.63) is 17.0 Å². The quantitative estimate of drug-likeness (QED) is 0.392. The van der Waals surface area contributed by atoms with Crippen molar-refractivity contribution in [1.29, 1.82) is 0 Å². The number of hydrogen-bond donors (Lipinski definition) is 0. The van der Waals surface area contributed by atoms with Crippen molar-refractivity contribution in [3.63, 3.8) is 0 Å².